The zero-order valence-corrected chi connectivity index (χ0v) is 17.3. The van der Waals surface area contributed by atoms with Gasteiger partial charge in [0.15, 0.2) is 0 Å². The molecule has 0 aliphatic heterocycles. The Morgan fingerprint density at radius 2 is 2.03 bits per heavy atom. The number of ether oxygens (including phenoxy) is 1. The summed E-state index contributed by atoms with van der Waals surface area (Å²) in [5.41, 5.74) is 1.95. The number of benzene rings is 2. The highest BCUT2D eigenvalue weighted by Gasteiger charge is 2.15. The molecule has 0 saturated heterocycles. The highest BCUT2D eigenvalue weighted by atomic mass is 35.5. The maximum Gasteiger partial charge on any atom is 0.271 e. The van der Waals surface area contributed by atoms with Crippen LogP contribution in [0.5, 0.6) is 5.75 Å². The van der Waals surface area contributed by atoms with Gasteiger partial charge in [0.1, 0.15) is 22.8 Å². The van der Waals surface area contributed by atoms with Crippen LogP contribution in [-0.4, -0.2) is 22.6 Å². The van der Waals surface area contributed by atoms with Crippen LogP contribution in [0, 0.1) is 5.82 Å². The third-order valence-electron chi connectivity index (χ3n) is 4.47. The van der Waals surface area contributed by atoms with Crippen molar-refractivity contribution in [2.24, 2.45) is 0 Å². The fourth-order valence-electron chi connectivity index (χ4n) is 2.97. The van der Waals surface area contributed by atoms with Crippen molar-refractivity contribution in [1.82, 2.24) is 9.55 Å². The Morgan fingerprint density at radius 3 is 2.73 bits per heavy atom. The van der Waals surface area contributed by atoms with E-state index in [0.717, 1.165) is 22.9 Å². The summed E-state index contributed by atoms with van der Waals surface area (Å²) in [6.45, 7) is -0.292. The van der Waals surface area contributed by atoms with Crippen LogP contribution in [0.2, 0.25) is 5.02 Å². The first-order valence-corrected chi connectivity index (χ1v) is 10.1. The summed E-state index contributed by atoms with van der Waals surface area (Å²) in [6.07, 6.45) is 1.32. The van der Waals surface area contributed by atoms with E-state index < -0.39 is 11.7 Å². The molecule has 30 heavy (non-hydrogen) atoms. The molecule has 2 heterocycles. The SMILES string of the molecule is COc1ccc(-c2csc3c(=O)n(CC(=O)Nc4ccc(Cl)cc4F)cnc23)cc1. The van der Waals surface area contributed by atoms with Crippen molar-refractivity contribution in [3.63, 3.8) is 0 Å². The van der Waals surface area contributed by atoms with E-state index in [4.69, 9.17) is 16.3 Å². The van der Waals surface area contributed by atoms with E-state index >= 15 is 0 Å². The van der Waals surface area contributed by atoms with E-state index in [-0.39, 0.29) is 22.8 Å². The summed E-state index contributed by atoms with van der Waals surface area (Å²) in [6, 6.07) is 11.4. The molecule has 0 radical (unpaired) electrons. The van der Waals surface area contributed by atoms with Crippen LogP contribution in [0.1, 0.15) is 0 Å². The van der Waals surface area contributed by atoms with Gasteiger partial charge in [-0.3, -0.25) is 14.2 Å². The molecule has 9 heteroatoms. The molecule has 0 saturated carbocycles. The second kappa shape index (κ2) is 8.25. The van der Waals surface area contributed by atoms with Crippen molar-refractivity contribution in [2.45, 2.75) is 6.54 Å². The lowest BCUT2D eigenvalue weighted by molar-refractivity contribution is -0.116. The molecule has 0 aliphatic rings. The molecule has 4 aromatic rings. The van der Waals surface area contributed by atoms with E-state index in [2.05, 4.69) is 10.3 Å². The summed E-state index contributed by atoms with van der Waals surface area (Å²) in [7, 11) is 1.59. The number of thiophene rings is 1. The number of carbonyl (C=O) groups is 1. The Bertz CT molecular complexity index is 1300. The van der Waals surface area contributed by atoms with Crippen molar-refractivity contribution in [2.75, 3.05) is 12.4 Å². The number of hydrogen-bond donors (Lipinski definition) is 1. The monoisotopic (exact) mass is 443 g/mol. The smallest absolute Gasteiger partial charge is 0.271 e. The minimum absolute atomic E-state index is 0.00981. The van der Waals surface area contributed by atoms with Gasteiger partial charge < -0.3 is 10.1 Å². The molecular formula is C21H15ClFN3O3S. The molecule has 0 spiro atoms. The van der Waals surface area contributed by atoms with Crippen molar-refractivity contribution in [3.8, 4) is 16.9 Å². The van der Waals surface area contributed by atoms with Gasteiger partial charge >= 0.3 is 0 Å². The normalized spacial score (nSPS) is 10.9. The number of nitrogens with one attached hydrogen (secondary N) is 1. The lowest BCUT2D eigenvalue weighted by Crippen LogP contribution is -2.27. The van der Waals surface area contributed by atoms with E-state index in [1.807, 2.05) is 29.6 Å². The molecule has 152 valence electrons. The molecule has 1 N–H and O–H groups in total. The van der Waals surface area contributed by atoms with Gasteiger partial charge in [-0.2, -0.15) is 0 Å². The quantitative estimate of drug-likeness (QED) is 0.490. The molecule has 4 rings (SSSR count). The fraction of sp³-hybridized carbons (Fsp3) is 0.0952. The van der Waals surface area contributed by atoms with E-state index in [9.17, 15) is 14.0 Å². The number of nitrogens with zero attached hydrogens (tertiary/aromatic N) is 2. The van der Waals surface area contributed by atoms with Crippen LogP contribution >= 0.6 is 22.9 Å². The molecule has 2 aromatic heterocycles. The van der Waals surface area contributed by atoms with Crippen LogP contribution in [0.15, 0.2) is 59.0 Å². The number of amides is 1. The lowest BCUT2D eigenvalue weighted by atomic mass is 10.1. The topological polar surface area (TPSA) is 73.2 Å². The van der Waals surface area contributed by atoms with Crippen molar-refractivity contribution in [3.05, 3.63) is 75.4 Å². The summed E-state index contributed by atoms with van der Waals surface area (Å²) in [4.78, 5) is 29.5. The second-order valence-electron chi connectivity index (χ2n) is 6.41. The standard InChI is InChI=1S/C21H15ClFN3O3S/c1-29-14-5-2-12(3-6-14)15-10-30-20-19(15)24-11-26(21(20)28)9-18(27)25-17-7-4-13(22)8-16(17)23/h2-8,10-11H,9H2,1H3,(H,25,27). The van der Waals surface area contributed by atoms with Gasteiger partial charge in [-0.1, -0.05) is 23.7 Å². The summed E-state index contributed by atoms with van der Waals surface area (Å²) in [5.74, 6) is -0.470. The van der Waals surface area contributed by atoms with E-state index in [1.54, 1.807) is 7.11 Å². The number of aromatic nitrogens is 2. The van der Waals surface area contributed by atoms with Crippen molar-refractivity contribution < 1.29 is 13.9 Å². The molecule has 0 bridgehead atoms. The first-order chi connectivity index (χ1) is 14.5. The second-order valence-corrected chi connectivity index (χ2v) is 7.72. The molecule has 0 fully saturated rings. The highest BCUT2D eigenvalue weighted by Crippen LogP contribution is 2.31. The summed E-state index contributed by atoms with van der Waals surface area (Å²) in [5, 5.41) is 4.51. The first-order valence-electron chi connectivity index (χ1n) is 8.82. The largest absolute Gasteiger partial charge is 0.497 e. The minimum atomic E-state index is -0.654. The average Bonchev–Trinajstić information content (AvgIpc) is 3.17. The fourth-order valence-corrected chi connectivity index (χ4v) is 4.10. The van der Waals surface area contributed by atoms with Gasteiger partial charge in [0, 0.05) is 16.0 Å². The highest BCUT2D eigenvalue weighted by molar-refractivity contribution is 7.17. The summed E-state index contributed by atoms with van der Waals surface area (Å²) < 4.78 is 20.7. The number of halogens is 2. The lowest BCUT2D eigenvalue weighted by Gasteiger charge is -2.08. The first kappa shape index (κ1) is 20.1. The molecule has 1 amide bonds. The van der Waals surface area contributed by atoms with Gasteiger partial charge in [0.2, 0.25) is 5.91 Å². The van der Waals surface area contributed by atoms with Crippen molar-refractivity contribution in [1.29, 1.82) is 0 Å². The number of anilines is 1. The van der Waals surface area contributed by atoms with Crippen LogP contribution < -0.4 is 15.6 Å². The molecule has 2 aromatic carbocycles. The van der Waals surface area contributed by atoms with Crippen molar-refractivity contribution >= 4 is 44.7 Å². The van der Waals surface area contributed by atoms with Gasteiger partial charge in [-0.15, -0.1) is 11.3 Å². The van der Waals surface area contributed by atoms with Crippen LogP contribution in [-0.2, 0) is 11.3 Å². The zero-order chi connectivity index (χ0) is 21.3. The maximum absolute atomic E-state index is 13.9. The number of fused-ring (bicyclic) bond motifs is 1. The van der Waals surface area contributed by atoms with Crippen LogP contribution in [0.25, 0.3) is 21.3 Å². The molecule has 0 aliphatic carbocycles. The zero-order valence-electron chi connectivity index (χ0n) is 15.7. The average molecular weight is 444 g/mol. The Kier molecular flexibility index (Phi) is 5.52. The van der Waals surface area contributed by atoms with Gasteiger partial charge in [0.05, 0.1) is 24.6 Å². The predicted molar refractivity (Wildman–Crippen MR) is 116 cm³/mol. The molecule has 6 nitrogen and oxygen atoms in total. The molecule has 0 unspecified atom stereocenters. The van der Waals surface area contributed by atoms with E-state index in [0.29, 0.717) is 10.2 Å². The van der Waals surface area contributed by atoms with Gasteiger partial charge in [-0.25, -0.2) is 9.37 Å². The number of carbonyl (C=O) groups excluding carboxylic acids is 1. The Balaban J connectivity index is 1.59. The number of methoxy groups -OCH3 is 1. The minimum Gasteiger partial charge on any atom is -0.497 e. The predicted octanol–water partition coefficient (Wildman–Crippen LogP) is 4.56. The van der Waals surface area contributed by atoms with Crippen LogP contribution in [0.4, 0.5) is 10.1 Å². The Hall–Kier alpha value is -3.23. The third kappa shape index (κ3) is 3.92. The summed E-state index contributed by atoms with van der Waals surface area (Å²) >= 11 is 6.97. The molecule has 0 atom stereocenters. The van der Waals surface area contributed by atoms with Crippen LogP contribution in [0.3, 0.4) is 0 Å². The Morgan fingerprint density at radius 1 is 1.27 bits per heavy atom. The Labute approximate surface area is 179 Å². The number of rotatable bonds is 5. The number of hydrogen-bond acceptors (Lipinski definition) is 5. The van der Waals surface area contributed by atoms with Gasteiger partial charge in [0.25, 0.3) is 5.56 Å². The molecular weight excluding hydrogens is 429 g/mol. The third-order valence-corrected chi connectivity index (χ3v) is 5.66. The van der Waals surface area contributed by atoms with Gasteiger partial charge in [-0.05, 0) is 35.9 Å². The van der Waals surface area contributed by atoms with E-state index in [1.165, 1.54) is 34.4 Å². The maximum atomic E-state index is 13.9.